The van der Waals surface area contributed by atoms with Crippen molar-refractivity contribution in [1.82, 2.24) is 9.88 Å². The minimum Gasteiger partial charge on any atom is -0.482 e. The highest BCUT2D eigenvalue weighted by atomic mass is 35.5. The van der Waals surface area contributed by atoms with Crippen molar-refractivity contribution in [3.05, 3.63) is 93.8 Å². The number of carbonyl (C=O) groups is 2. The lowest BCUT2D eigenvalue weighted by Crippen LogP contribution is -2.41. The minimum atomic E-state index is -1.22. The highest BCUT2D eigenvalue weighted by Gasteiger charge is 2.37. The molecule has 8 nitrogen and oxygen atoms in total. The van der Waals surface area contributed by atoms with Crippen molar-refractivity contribution >= 4 is 34.8 Å². The standard InChI is InChI=1S/C26H19ClF2N2O6/c27-14-5-8-20(35-13-23(32)33)17(11-14)25-16-6-7-18(28)24(29)15(16)9-10-31(25)26(34)36-12-22-30-19-3-1-2-4-21(19)37-22/h1-8,11,25H,9-10,12-13H2,(H,32,33)/t25-/m0/s1. The zero-order valence-corrected chi connectivity index (χ0v) is 19.9. The van der Waals surface area contributed by atoms with Gasteiger partial charge in [-0.15, -0.1) is 0 Å². The fraction of sp³-hybridized carbons (Fsp3) is 0.192. The van der Waals surface area contributed by atoms with E-state index in [0.29, 0.717) is 22.2 Å². The second-order valence-electron chi connectivity index (χ2n) is 8.27. The number of hydrogen-bond acceptors (Lipinski definition) is 6. The molecular weight excluding hydrogens is 510 g/mol. The summed E-state index contributed by atoms with van der Waals surface area (Å²) in [5.74, 6) is -2.95. The summed E-state index contributed by atoms with van der Waals surface area (Å²) < 4.78 is 45.3. The third-order valence-electron chi connectivity index (χ3n) is 5.95. The van der Waals surface area contributed by atoms with Crippen molar-refractivity contribution in [1.29, 1.82) is 0 Å². The van der Waals surface area contributed by atoms with Gasteiger partial charge in [-0.25, -0.2) is 23.4 Å². The van der Waals surface area contributed by atoms with Crippen LogP contribution in [0.25, 0.3) is 11.1 Å². The van der Waals surface area contributed by atoms with E-state index in [1.807, 2.05) is 0 Å². The Morgan fingerprint density at radius 2 is 1.95 bits per heavy atom. The van der Waals surface area contributed by atoms with Gasteiger partial charge in [0.25, 0.3) is 0 Å². The maximum Gasteiger partial charge on any atom is 0.411 e. The zero-order chi connectivity index (χ0) is 26.1. The molecule has 1 N–H and O–H groups in total. The van der Waals surface area contributed by atoms with Crippen LogP contribution in [-0.2, 0) is 22.6 Å². The second-order valence-corrected chi connectivity index (χ2v) is 8.71. The predicted octanol–water partition coefficient (Wildman–Crippen LogP) is 5.51. The van der Waals surface area contributed by atoms with Crippen LogP contribution in [0.4, 0.5) is 13.6 Å². The van der Waals surface area contributed by atoms with Crippen LogP contribution in [0.5, 0.6) is 5.75 Å². The molecule has 0 unspecified atom stereocenters. The lowest BCUT2D eigenvalue weighted by atomic mass is 9.87. The molecule has 3 aromatic carbocycles. The first-order valence-electron chi connectivity index (χ1n) is 11.2. The number of carboxylic acid groups (broad SMARTS) is 1. The Kier molecular flexibility index (Phi) is 6.66. The number of hydrogen-bond donors (Lipinski definition) is 1. The molecule has 0 bridgehead atoms. The number of oxazole rings is 1. The van der Waals surface area contributed by atoms with E-state index in [2.05, 4.69) is 4.98 Å². The van der Waals surface area contributed by atoms with Gasteiger partial charge >= 0.3 is 12.1 Å². The first kappa shape index (κ1) is 24.5. The van der Waals surface area contributed by atoms with E-state index in [0.717, 1.165) is 6.07 Å². The minimum absolute atomic E-state index is 0.0185. The average molecular weight is 529 g/mol. The SMILES string of the molecule is O=C(O)COc1ccc(Cl)cc1[C@@H]1c2ccc(F)c(F)c2CCN1C(=O)OCc1nc2ccccc2o1. The fourth-order valence-electron chi connectivity index (χ4n) is 4.37. The molecule has 2 heterocycles. The van der Waals surface area contributed by atoms with Crippen molar-refractivity contribution in [3.8, 4) is 5.75 Å². The van der Waals surface area contributed by atoms with E-state index in [-0.39, 0.29) is 41.8 Å². The highest BCUT2D eigenvalue weighted by molar-refractivity contribution is 6.30. The molecule has 4 aromatic rings. The summed E-state index contributed by atoms with van der Waals surface area (Å²) in [6.07, 6.45) is -0.744. The van der Waals surface area contributed by atoms with E-state index < -0.39 is 36.3 Å². The summed E-state index contributed by atoms with van der Waals surface area (Å²) in [5, 5.41) is 9.36. The quantitative estimate of drug-likeness (QED) is 0.352. The number of ether oxygens (including phenoxy) is 2. The Morgan fingerprint density at radius 1 is 1.14 bits per heavy atom. The molecule has 37 heavy (non-hydrogen) atoms. The van der Waals surface area contributed by atoms with Crippen LogP contribution in [0.15, 0.2) is 59.0 Å². The number of carboxylic acids is 1. The first-order valence-corrected chi connectivity index (χ1v) is 11.6. The van der Waals surface area contributed by atoms with Gasteiger partial charge in [0.05, 0.1) is 6.04 Å². The van der Waals surface area contributed by atoms with Crippen molar-refractivity contribution < 1.29 is 37.4 Å². The molecular formula is C26H19ClF2N2O6. The van der Waals surface area contributed by atoms with Crippen LogP contribution in [-0.4, -0.2) is 40.2 Å². The molecule has 0 saturated carbocycles. The number of amides is 1. The predicted molar refractivity (Wildman–Crippen MR) is 127 cm³/mol. The van der Waals surface area contributed by atoms with E-state index >= 15 is 0 Å². The van der Waals surface area contributed by atoms with Crippen LogP contribution in [0.1, 0.15) is 28.6 Å². The molecule has 0 radical (unpaired) electrons. The molecule has 1 aliphatic heterocycles. The van der Waals surface area contributed by atoms with Crippen LogP contribution in [0.3, 0.4) is 0 Å². The largest absolute Gasteiger partial charge is 0.482 e. The first-order chi connectivity index (χ1) is 17.8. The summed E-state index contributed by atoms with van der Waals surface area (Å²) >= 11 is 6.23. The number of nitrogens with zero attached hydrogens (tertiary/aromatic N) is 2. The molecule has 1 aliphatic rings. The summed E-state index contributed by atoms with van der Waals surface area (Å²) in [5.41, 5.74) is 1.83. The molecule has 1 amide bonds. The van der Waals surface area contributed by atoms with E-state index in [4.69, 9.17) is 30.6 Å². The molecule has 0 fully saturated rings. The topological polar surface area (TPSA) is 102 Å². The lowest BCUT2D eigenvalue weighted by Gasteiger charge is -2.37. The number of carbonyl (C=O) groups excluding carboxylic acids is 1. The Labute approximate surface area is 214 Å². The molecule has 0 saturated heterocycles. The number of benzene rings is 3. The number of rotatable bonds is 6. The van der Waals surface area contributed by atoms with Gasteiger partial charge in [0.2, 0.25) is 5.89 Å². The third kappa shape index (κ3) is 4.92. The molecule has 1 aromatic heterocycles. The number of para-hydroxylation sites is 2. The van der Waals surface area contributed by atoms with Crippen LogP contribution >= 0.6 is 11.6 Å². The van der Waals surface area contributed by atoms with Gasteiger partial charge in [-0.3, -0.25) is 4.90 Å². The van der Waals surface area contributed by atoms with Gasteiger partial charge in [0.1, 0.15) is 11.3 Å². The van der Waals surface area contributed by atoms with Gasteiger partial charge in [-0.05, 0) is 53.9 Å². The van der Waals surface area contributed by atoms with Gasteiger partial charge in [-0.1, -0.05) is 29.8 Å². The monoisotopic (exact) mass is 528 g/mol. The molecule has 0 aliphatic carbocycles. The lowest BCUT2D eigenvalue weighted by molar-refractivity contribution is -0.139. The third-order valence-corrected chi connectivity index (χ3v) is 6.19. The average Bonchev–Trinajstić information content (AvgIpc) is 3.31. The van der Waals surface area contributed by atoms with E-state index in [1.54, 1.807) is 24.3 Å². The fourth-order valence-corrected chi connectivity index (χ4v) is 4.55. The Balaban J connectivity index is 1.51. The zero-order valence-electron chi connectivity index (χ0n) is 19.1. The summed E-state index contributed by atoms with van der Waals surface area (Å²) in [6.45, 7) is -0.942. The Hall–Kier alpha value is -4.18. The van der Waals surface area contributed by atoms with E-state index in [9.17, 15) is 18.4 Å². The number of aliphatic carboxylic acids is 1. The van der Waals surface area contributed by atoms with Crippen molar-refractivity contribution in [2.24, 2.45) is 0 Å². The molecule has 190 valence electrons. The van der Waals surface area contributed by atoms with E-state index in [1.165, 1.54) is 29.2 Å². The smallest absolute Gasteiger partial charge is 0.411 e. The maximum absolute atomic E-state index is 14.7. The molecule has 5 rings (SSSR count). The van der Waals surface area contributed by atoms with Crippen molar-refractivity contribution in [3.63, 3.8) is 0 Å². The summed E-state index contributed by atoms with van der Waals surface area (Å²) in [4.78, 5) is 30.0. The van der Waals surface area contributed by atoms with Gasteiger partial charge in [-0.2, -0.15) is 0 Å². The Morgan fingerprint density at radius 3 is 2.73 bits per heavy atom. The highest BCUT2D eigenvalue weighted by Crippen LogP contribution is 2.42. The molecule has 11 heteroatoms. The van der Waals surface area contributed by atoms with Crippen LogP contribution in [0, 0.1) is 11.6 Å². The van der Waals surface area contributed by atoms with Gasteiger partial charge < -0.3 is 19.0 Å². The van der Waals surface area contributed by atoms with Crippen LogP contribution < -0.4 is 4.74 Å². The van der Waals surface area contributed by atoms with Crippen LogP contribution in [0.2, 0.25) is 5.02 Å². The number of halogens is 3. The maximum atomic E-state index is 14.7. The van der Waals surface area contributed by atoms with Gasteiger partial charge in [0, 0.05) is 17.1 Å². The van der Waals surface area contributed by atoms with Crippen molar-refractivity contribution in [2.75, 3.05) is 13.2 Å². The number of aromatic nitrogens is 1. The number of fused-ring (bicyclic) bond motifs is 2. The summed E-state index contributed by atoms with van der Waals surface area (Å²) in [6, 6.07) is 12.9. The normalized spacial score (nSPS) is 14.9. The molecule has 0 spiro atoms. The Bertz CT molecular complexity index is 1470. The molecule has 1 atom stereocenters. The van der Waals surface area contributed by atoms with Crippen molar-refractivity contribution in [2.45, 2.75) is 19.1 Å². The summed E-state index contributed by atoms with van der Waals surface area (Å²) in [7, 11) is 0. The van der Waals surface area contributed by atoms with Gasteiger partial charge in [0.15, 0.2) is 30.4 Å². The second kappa shape index (κ2) is 10.1.